The van der Waals surface area contributed by atoms with Crippen molar-refractivity contribution in [2.45, 2.75) is 46.2 Å². The quantitative estimate of drug-likeness (QED) is 0.715. The predicted molar refractivity (Wildman–Crippen MR) is 92.4 cm³/mol. The molecule has 0 atom stereocenters. The zero-order chi connectivity index (χ0) is 17.4. The third-order valence-corrected chi connectivity index (χ3v) is 4.03. The van der Waals surface area contributed by atoms with E-state index >= 15 is 0 Å². The van der Waals surface area contributed by atoms with E-state index in [9.17, 15) is 4.79 Å². The van der Waals surface area contributed by atoms with Crippen molar-refractivity contribution in [2.75, 3.05) is 27.3 Å². The number of carbonyl (C=O) groups excluding carboxylic acids is 1. The van der Waals surface area contributed by atoms with Crippen molar-refractivity contribution >= 4 is 5.91 Å². The van der Waals surface area contributed by atoms with Gasteiger partial charge in [-0.05, 0) is 45.4 Å². The highest BCUT2D eigenvalue weighted by Gasteiger charge is 2.16. The first-order valence-electron chi connectivity index (χ1n) is 8.22. The average Bonchev–Trinajstić information content (AvgIpc) is 2.50. The Morgan fingerprint density at radius 2 is 1.70 bits per heavy atom. The Bertz CT molecular complexity index is 493. The second-order valence-corrected chi connectivity index (χ2v) is 6.35. The van der Waals surface area contributed by atoms with Crippen LogP contribution in [0.5, 0.6) is 11.5 Å². The molecule has 0 aliphatic rings. The lowest BCUT2D eigenvalue weighted by molar-refractivity contribution is -0.941. The van der Waals surface area contributed by atoms with Gasteiger partial charge in [-0.25, -0.2) is 0 Å². The standard InChI is InChI=1S/C18H30N2O3/c1-13(2)20(14(3)4)10-9-19-18(21)12-15-7-8-16(22-5)17(11-15)23-6/h7-8,11,13-14H,9-10,12H2,1-6H3,(H,19,21)/p+1. The van der Waals surface area contributed by atoms with E-state index in [-0.39, 0.29) is 5.91 Å². The van der Waals surface area contributed by atoms with Crippen molar-refractivity contribution in [3.05, 3.63) is 23.8 Å². The molecule has 0 bridgehead atoms. The van der Waals surface area contributed by atoms with Crippen LogP contribution in [0, 0.1) is 0 Å². The van der Waals surface area contributed by atoms with Gasteiger partial charge in [-0.2, -0.15) is 0 Å². The van der Waals surface area contributed by atoms with Crippen LogP contribution < -0.4 is 19.7 Å². The largest absolute Gasteiger partial charge is 0.493 e. The van der Waals surface area contributed by atoms with E-state index in [1.807, 2.05) is 18.2 Å². The number of hydrogen-bond donors (Lipinski definition) is 2. The van der Waals surface area contributed by atoms with E-state index in [0.29, 0.717) is 36.5 Å². The topological polar surface area (TPSA) is 52.0 Å². The molecule has 0 aliphatic heterocycles. The molecule has 0 aromatic heterocycles. The van der Waals surface area contributed by atoms with Gasteiger partial charge in [0.25, 0.3) is 0 Å². The molecule has 0 aliphatic carbocycles. The maximum atomic E-state index is 12.1. The Balaban J connectivity index is 2.51. The summed E-state index contributed by atoms with van der Waals surface area (Å²) in [5.74, 6) is 1.35. The third kappa shape index (κ3) is 6.10. The van der Waals surface area contributed by atoms with Crippen molar-refractivity contribution in [3.63, 3.8) is 0 Å². The Labute approximate surface area is 140 Å². The zero-order valence-electron chi connectivity index (χ0n) is 15.2. The van der Waals surface area contributed by atoms with Crippen molar-refractivity contribution in [2.24, 2.45) is 0 Å². The van der Waals surface area contributed by atoms with E-state index < -0.39 is 0 Å². The Morgan fingerprint density at radius 1 is 1.09 bits per heavy atom. The van der Waals surface area contributed by atoms with E-state index in [4.69, 9.17) is 9.47 Å². The number of rotatable bonds is 9. The van der Waals surface area contributed by atoms with Gasteiger partial charge in [0.2, 0.25) is 5.91 Å². The third-order valence-electron chi connectivity index (χ3n) is 4.03. The van der Waals surface area contributed by atoms with E-state index in [0.717, 1.165) is 12.1 Å². The molecule has 130 valence electrons. The van der Waals surface area contributed by atoms with Gasteiger partial charge < -0.3 is 19.7 Å². The number of hydrogen-bond acceptors (Lipinski definition) is 3. The van der Waals surface area contributed by atoms with Crippen molar-refractivity contribution in [1.82, 2.24) is 5.32 Å². The normalized spacial score (nSPS) is 11.2. The molecule has 1 aromatic rings. The fourth-order valence-corrected chi connectivity index (χ4v) is 2.83. The summed E-state index contributed by atoms with van der Waals surface area (Å²) in [5.41, 5.74) is 0.914. The van der Waals surface area contributed by atoms with Crippen molar-refractivity contribution < 1.29 is 19.2 Å². The number of carbonyl (C=O) groups is 1. The number of benzene rings is 1. The average molecular weight is 323 g/mol. The van der Waals surface area contributed by atoms with Gasteiger partial charge in [-0.15, -0.1) is 0 Å². The van der Waals surface area contributed by atoms with Gasteiger partial charge in [-0.3, -0.25) is 4.79 Å². The summed E-state index contributed by atoms with van der Waals surface area (Å²) in [6.45, 7) is 10.5. The monoisotopic (exact) mass is 323 g/mol. The van der Waals surface area contributed by atoms with Gasteiger partial charge in [0.05, 0.1) is 45.8 Å². The SMILES string of the molecule is COc1ccc(CC(=O)NCC[NH+](C(C)C)C(C)C)cc1OC. The first kappa shape index (κ1) is 19.3. The van der Waals surface area contributed by atoms with Gasteiger partial charge >= 0.3 is 0 Å². The van der Waals surface area contributed by atoms with Crippen LogP contribution in [-0.2, 0) is 11.2 Å². The number of amides is 1. The number of ether oxygens (including phenoxy) is 2. The molecule has 5 heteroatoms. The Morgan fingerprint density at radius 3 is 2.22 bits per heavy atom. The van der Waals surface area contributed by atoms with Crippen molar-refractivity contribution in [3.8, 4) is 11.5 Å². The molecule has 23 heavy (non-hydrogen) atoms. The molecule has 1 aromatic carbocycles. The highest BCUT2D eigenvalue weighted by molar-refractivity contribution is 5.78. The smallest absolute Gasteiger partial charge is 0.224 e. The zero-order valence-corrected chi connectivity index (χ0v) is 15.2. The molecule has 0 saturated carbocycles. The minimum Gasteiger partial charge on any atom is -0.493 e. The molecular formula is C18H31N2O3+. The van der Waals surface area contributed by atoms with Crippen LogP contribution in [0.15, 0.2) is 18.2 Å². The minimum atomic E-state index is 0.0316. The second-order valence-electron chi connectivity index (χ2n) is 6.35. The summed E-state index contributed by atoms with van der Waals surface area (Å²) in [6.07, 6.45) is 0.346. The molecule has 0 heterocycles. The van der Waals surface area contributed by atoms with E-state index in [1.54, 1.807) is 14.2 Å². The molecule has 0 unspecified atom stereocenters. The van der Waals surface area contributed by atoms with Gasteiger partial charge in [0.1, 0.15) is 0 Å². The van der Waals surface area contributed by atoms with Crippen molar-refractivity contribution in [1.29, 1.82) is 0 Å². The fourth-order valence-electron chi connectivity index (χ4n) is 2.83. The first-order chi connectivity index (χ1) is 10.9. The summed E-state index contributed by atoms with van der Waals surface area (Å²) in [5, 5.41) is 3.01. The van der Waals surface area contributed by atoms with E-state index in [2.05, 4.69) is 33.0 Å². The Hall–Kier alpha value is -1.75. The van der Waals surface area contributed by atoms with Gasteiger partial charge in [0, 0.05) is 0 Å². The lowest BCUT2D eigenvalue weighted by atomic mass is 10.1. The number of methoxy groups -OCH3 is 2. The molecule has 1 amide bonds. The second kappa shape index (κ2) is 9.40. The van der Waals surface area contributed by atoms with Crippen LogP contribution in [0.4, 0.5) is 0 Å². The summed E-state index contributed by atoms with van der Waals surface area (Å²) >= 11 is 0. The van der Waals surface area contributed by atoms with Crippen LogP contribution in [0.3, 0.4) is 0 Å². The summed E-state index contributed by atoms with van der Waals surface area (Å²) in [7, 11) is 3.19. The summed E-state index contributed by atoms with van der Waals surface area (Å²) < 4.78 is 10.5. The minimum absolute atomic E-state index is 0.0316. The maximum Gasteiger partial charge on any atom is 0.224 e. The highest BCUT2D eigenvalue weighted by Crippen LogP contribution is 2.27. The van der Waals surface area contributed by atoms with Crippen LogP contribution in [0.1, 0.15) is 33.3 Å². The molecule has 0 saturated heterocycles. The number of quaternary nitrogens is 1. The van der Waals surface area contributed by atoms with Gasteiger partial charge in [0.15, 0.2) is 11.5 Å². The fraction of sp³-hybridized carbons (Fsp3) is 0.611. The molecule has 0 radical (unpaired) electrons. The predicted octanol–water partition coefficient (Wildman–Crippen LogP) is 1.06. The maximum absolute atomic E-state index is 12.1. The molecule has 1 rings (SSSR count). The van der Waals surface area contributed by atoms with Gasteiger partial charge in [-0.1, -0.05) is 6.07 Å². The van der Waals surface area contributed by atoms with Crippen LogP contribution in [0.2, 0.25) is 0 Å². The van der Waals surface area contributed by atoms with Crippen LogP contribution in [0.25, 0.3) is 0 Å². The van der Waals surface area contributed by atoms with Crippen LogP contribution >= 0.6 is 0 Å². The molecule has 2 N–H and O–H groups in total. The number of nitrogens with one attached hydrogen (secondary N) is 2. The first-order valence-corrected chi connectivity index (χ1v) is 8.22. The lowest BCUT2D eigenvalue weighted by Crippen LogP contribution is -3.18. The summed E-state index contributed by atoms with van der Waals surface area (Å²) in [6, 6.07) is 6.67. The lowest BCUT2D eigenvalue weighted by Gasteiger charge is -2.27. The Kier molecular flexibility index (Phi) is 7.89. The van der Waals surface area contributed by atoms with E-state index in [1.165, 1.54) is 4.90 Å². The molecule has 0 spiro atoms. The molecular weight excluding hydrogens is 292 g/mol. The summed E-state index contributed by atoms with van der Waals surface area (Å²) in [4.78, 5) is 13.6. The molecule has 5 nitrogen and oxygen atoms in total. The highest BCUT2D eigenvalue weighted by atomic mass is 16.5. The molecule has 0 fully saturated rings. The van der Waals surface area contributed by atoms with Crippen LogP contribution in [-0.4, -0.2) is 45.3 Å².